The van der Waals surface area contributed by atoms with E-state index in [0.29, 0.717) is 5.56 Å². The van der Waals surface area contributed by atoms with Crippen LogP contribution in [0.15, 0.2) is 59.1 Å². The van der Waals surface area contributed by atoms with Crippen molar-refractivity contribution in [3.63, 3.8) is 0 Å². The molecule has 2 aromatic rings. The number of hydrogen-bond acceptors (Lipinski definition) is 8. The molecule has 0 aromatic heterocycles. The number of Topliss-reactive ketones (excluding diaryl/α,β-unsaturated/α-hetero) is 2. The van der Waals surface area contributed by atoms with Gasteiger partial charge in [-0.25, -0.2) is 0 Å². The largest absolute Gasteiger partial charge is 0.510 e. The van der Waals surface area contributed by atoms with Crippen LogP contribution in [-0.4, -0.2) is 68.5 Å². The highest BCUT2D eigenvalue weighted by atomic mass is 16.3. The molecule has 1 unspecified atom stereocenters. The fraction of sp³-hybridized carbons (Fsp3) is 0.387. The minimum atomic E-state index is -2.65. The van der Waals surface area contributed by atoms with Gasteiger partial charge < -0.3 is 26.2 Å². The summed E-state index contributed by atoms with van der Waals surface area (Å²) in [6, 6.07) is 10.1. The van der Waals surface area contributed by atoms with Gasteiger partial charge in [0.1, 0.15) is 22.8 Å². The molecule has 5 rings (SSSR count). The molecular weight excluding hydrogens is 512 g/mol. The van der Waals surface area contributed by atoms with Gasteiger partial charge in [0.25, 0.3) is 5.91 Å². The normalized spacial score (nSPS) is 26.5. The molecule has 1 amide bonds. The van der Waals surface area contributed by atoms with Gasteiger partial charge in [0, 0.05) is 11.5 Å². The lowest BCUT2D eigenvalue weighted by atomic mass is 9.58. The number of allylic oxidation sites excluding steroid dienone is 1. The standard InChI is InChI=1S/C31H34N2O7/c1-30(2,3)16-8-6-14(7-9-16)17-10-11-20(34)22-18(17)12-15-13-19-24(33(4)5)26(36)23(29(32)39)28(38)31(19,40)27(37)21(15)25(22)35/h6-11,15,19,24,34,36-37,40H,12-13H2,1-5H3,(H2,32,39)/t15-,19-,24?,31-/m1/s1. The number of amides is 1. The Morgan fingerprint density at radius 2 is 1.65 bits per heavy atom. The number of phenols is 1. The number of carbonyl (C=O) groups excluding carboxylic acids is 3. The number of phenolic OH excluding ortho intramolecular Hbond substituents is 1. The molecular formula is C31H34N2O7. The zero-order chi connectivity index (χ0) is 29.5. The Morgan fingerprint density at radius 1 is 1.02 bits per heavy atom. The maximum Gasteiger partial charge on any atom is 0.255 e. The summed E-state index contributed by atoms with van der Waals surface area (Å²) < 4.78 is 0. The summed E-state index contributed by atoms with van der Waals surface area (Å²) in [5.41, 5.74) is 5.03. The predicted octanol–water partition coefficient (Wildman–Crippen LogP) is 3.09. The molecule has 6 N–H and O–H groups in total. The molecule has 0 heterocycles. The van der Waals surface area contributed by atoms with Crippen LogP contribution >= 0.6 is 0 Å². The van der Waals surface area contributed by atoms with Crippen molar-refractivity contribution < 1.29 is 34.8 Å². The van der Waals surface area contributed by atoms with Crippen LogP contribution in [0.1, 0.15) is 48.7 Å². The first kappa shape index (κ1) is 27.6. The molecule has 9 nitrogen and oxygen atoms in total. The van der Waals surface area contributed by atoms with E-state index < -0.39 is 58.0 Å². The topological polar surface area (TPSA) is 161 Å². The second-order valence-corrected chi connectivity index (χ2v) is 12.3. The number of fused-ring (bicyclic) bond motifs is 3. The van der Waals surface area contributed by atoms with Crippen molar-refractivity contribution in [2.45, 2.75) is 50.7 Å². The van der Waals surface area contributed by atoms with Crippen molar-refractivity contribution in [2.24, 2.45) is 17.6 Å². The smallest absolute Gasteiger partial charge is 0.255 e. The first-order valence-corrected chi connectivity index (χ1v) is 13.2. The predicted molar refractivity (Wildman–Crippen MR) is 148 cm³/mol. The molecule has 4 atom stereocenters. The number of primary amides is 1. The summed E-state index contributed by atoms with van der Waals surface area (Å²) in [7, 11) is 3.20. The number of likely N-dealkylation sites (N-methyl/N-ethyl adjacent to an activating group) is 1. The lowest BCUT2D eigenvalue weighted by Gasteiger charge is -2.50. The van der Waals surface area contributed by atoms with Crippen LogP contribution in [-0.2, 0) is 21.4 Å². The second-order valence-electron chi connectivity index (χ2n) is 12.3. The first-order chi connectivity index (χ1) is 18.6. The van der Waals surface area contributed by atoms with Crippen LogP contribution in [0.2, 0.25) is 0 Å². The van der Waals surface area contributed by atoms with Gasteiger partial charge in [-0.2, -0.15) is 0 Å². The number of aromatic hydroxyl groups is 1. The zero-order valence-corrected chi connectivity index (χ0v) is 23.1. The first-order valence-electron chi connectivity index (χ1n) is 13.2. The van der Waals surface area contributed by atoms with Gasteiger partial charge >= 0.3 is 0 Å². The Balaban J connectivity index is 1.68. The molecule has 0 saturated heterocycles. The van der Waals surface area contributed by atoms with Crippen molar-refractivity contribution in [3.8, 4) is 16.9 Å². The van der Waals surface area contributed by atoms with E-state index in [1.807, 2.05) is 24.3 Å². The van der Waals surface area contributed by atoms with E-state index >= 15 is 0 Å². The fourth-order valence-electron chi connectivity index (χ4n) is 6.67. The van der Waals surface area contributed by atoms with E-state index in [1.165, 1.54) is 11.0 Å². The van der Waals surface area contributed by atoms with Gasteiger partial charge in [-0.15, -0.1) is 0 Å². The third-order valence-corrected chi connectivity index (χ3v) is 8.67. The van der Waals surface area contributed by atoms with Crippen molar-refractivity contribution in [1.29, 1.82) is 0 Å². The Bertz CT molecular complexity index is 1530. The Morgan fingerprint density at radius 3 is 2.20 bits per heavy atom. The third-order valence-electron chi connectivity index (χ3n) is 8.67. The number of carbonyl (C=O) groups is 3. The van der Waals surface area contributed by atoms with Gasteiger partial charge in [0.15, 0.2) is 11.4 Å². The monoisotopic (exact) mass is 546 g/mol. The summed E-state index contributed by atoms with van der Waals surface area (Å²) in [4.78, 5) is 41.0. The van der Waals surface area contributed by atoms with Crippen molar-refractivity contribution in [3.05, 3.63) is 75.8 Å². The number of hydrogen-bond donors (Lipinski definition) is 5. The molecule has 0 fully saturated rings. The maximum absolute atomic E-state index is 13.9. The van der Waals surface area contributed by atoms with Gasteiger partial charge in [0.05, 0.1) is 11.6 Å². The van der Waals surface area contributed by atoms with Crippen LogP contribution in [0.25, 0.3) is 11.1 Å². The summed E-state index contributed by atoms with van der Waals surface area (Å²) in [5, 5.41) is 44.8. The van der Waals surface area contributed by atoms with Crippen LogP contribution in [0.3, 0.4) is 0 Å². The Hall–Kier alpha value is -3.95. The molecule has 0 spiro atoms. The van der Waals surface area contributed by atoms with Crippen LogP contribution in [0.4, 0.5) is 0 Å². The summed E-state index contributed by atoms with van der Waals surface area (Å²) >= 11 is 0. The molecule has 2 aromatic carbocycles. The minimum Gasteiger partial charge on any atom is -0.510 e. The highest BCUT2D eigenvalue weighted by Crippen LogP contribution is 2.53. The van der Waals surface area contributed by atoms with E-state index in [0.717, 1.165) is 16.7 Å². The summed E-state index contributed by atoms with van der Waals surface area (Å²) in [5.74, 6) is -6.62. The lowest BCUT2D eigenvalue weighted by Crippen LogP contribution is -2.63. The molecule has 3 aliphatic rings. The number of aliphatic hydroxyl groups excluding tert-OH is 2. The van der Waals surface area contributed by atoms with E-state index in [2.05, 4.69) is 20.8 Å². The van der Waals surface area contributed by atoms with Gasteiger partial charge in [-0.3, -0.25) is 19.3 Å². The fourth-order valence-corrected chi connectivity index (χ4v) is 6.67. The number of aliphatic hydroxyl groups is 3. The quantitative estimate of drug-likeness (QED) is 0.367. The molecule has 0 saturated carbocycles. The van der Waals surface area contributed by atoms with E-state index in [1.54, 1.807) is 20.2 Å². The Kier molecular flexibility index (Phi) is 6.24. The molecule has 210 valence electrons. The zero-order valence-electron chi connectivity index (χ0n) is 23.1. The number of nitrogens with two attached hydrogens (primary N) is 1. The Labute approximate surface area is 232 Å². The highest BCUT2D eigenvalue weighted by Gasteiger charge is 2.63. The number of benzene rings is 2. The van der Waals surface area contributed by atoms with Crippen molar-refractivity contribution in [1.82, 2.24) is 4.90 Å². The lowest BCUT2D eigenvalue weighted by molar-refractivity contribution is -0.148. The molecule has 40 heavy (non-hydrogen) atoms. The summed E-state index contributed by atoms with van der Waals surface area (Å²) in [6.45, 7) is 6.35. The average molecular weight is 547 g/mol. The molecule has 9 heteroatoms. The minimum absolute atomic E-state index is 0.00169. The van der Waals surface area contributed by atoms with Crippen LogP contribution in [0.5, 0.6) is 5.75 Å². The number of ketones is 2. The molecule has 0 radical (unpaired) electrons. The van der Waals surface area contributed by atoms with Gasteiger partial charge in [-0.05, 0) is 66.6 Å². The van der Waals surface area contributed by atoms with E-state index in [9.17, 15) is 34.8 Å². The second kappa shape index (κ2) is 9.04. The van der Waals surface area contributed by atoms with E-state index in [-0.39, 0.29) is 35.1 Å². The third kappa shape index (κ3) is 3.79. The van der Waals surface area contributed by atoms with Crippen molar-refractivity contribution >= 4 is 17.5 Å². The van der Waals surface area contributed by atoms with Crippen molar-refractivity contribution in [2.75, 3.05) is 14.1 Å². The number of nitrogens with zero attached hydrogens (tertiary/aromatic N) is 1. The molecule has 0 bridgehead atoms. The maximum atomic E-state index is 13.9. The van der Waals surface area contributed by atoms with Gasteiger partial charge in [0.2, 0.25) is 5.78 Å². The molecule has 0 aliphatic heterocycles. The average Bonchev–Trinajstić information content (AvgIpc) is 2.85. The molecule has 3 aliphatic carbocycles. The highest BCUT2D eigenvalue weighted by molar-refractivity contribution is 6.24. The van der Waals surface area contributed by atoms with Crippen LogP contribution < -0.4 is 5.73 Å². The summed E-state index contributed by atoms with van der Waals surface area (Å²) in [6.07, 6.45) is 0.281. The SMILES string of the molecule is CN(C)C1C(O)=C(C(N)=O)C(=O)[C@]2(O)C(O)=C3C(=O)c4c(O)ccc(-c5ccc(C(C)(C)C)cc5)c4C[C@@H]3C[C@H]12. The van der Waals surface area contributed by atoms with Gasteiger partial charge in [-0.1, -0.05) is 51.1 Å². The van der Waals surface area contributed by atoms with Crippen LogP contribution in [0, 0.1) is 11.8 Å². The van der Waals surface area contributed by atoms with E-state index in [4.69, 9.17) is 5.73 Å². The number of rotatable bonds is 3.